The molecule has 0 radical (unpaired) electrons. The number of pyridine rings is 1. The molecule has 13 heteroatoms. The highest BCUT2D eigenvalue weighted by atomic mass is 32.2. The van der Waals surface area contributed by atoms with Crippen LogP contribution in [0.4, 0.5) is 20.3 Å². The predicted molar refractivity (Wildman–Crippen MR) is 174 cm³/mol. The first kappa shape index (κ1) is 32.7. The maximum absolute atomic E-state index is 15.4. The molecular weight excluding hydrogens is 628 g/mol. The highest BCUT2D eigenvalue weighted by Crippen LogP contribution is 2.47. The van der Waals surface area contributed by atoms with Crippen molar-refractivity contribution in [2.75, 3.05) is 31.3 Å². The van der Waals surface area contributed by atoms with E-state index in [0.29, 0.717) is 36.3 Å². The second kappa shape index (κ2) is 13.1. The van der Waals surface area contributed by atoms with Gasteiger partial charge in [0.25, 0.3) is 5.91 Å². The molecule has 0 saturated heterocycles. The number of carboxylic acids is 1. The minimum Gasteiger partial charge on any atom is -0.481 e. The van der Waals surface area contributed by atoms with E-state index in [1.54, 1.807) is 21.9 Å². The van der Waals surface area contributed by atoms with Gasteiger partial charge in [0.05, 0.1) is 30.2 Å². The SMILES string of the molecule is CN1C=C2c3cc4c(cc3N(c3ncc(F)cc3F)Cc3c[nH]c(c32)C1)C(=O)N(CCCCCCCCC(=O)O)CC[C@H]4S(C)(=O)=O. The van der Waals surface area contributed by atoms with E-state index in [1.807, 2.05) is 24.3 Å². The van der Waals surface area contributed by atoms with Crippen LogP contribution in [0.15, 0.2) is 36.8 Å². The van der Waals surface area contributed by atoms with Gasteiger partial charge in [-0.1, -0.05) is 25.7 Å². The van der Waals surface area contributed by atoms with E-state index < -0.39 is 32.7 Å². The van der Waals surface area contributed by atoms with Crippen LogP contribution in [0.3, 0.4) is 0 Å². The Morgan fingerprint density at radius 3 is 2.53 bits per heavy atom. The average Bonchev–Trinajstić information content (AvgIpc) is 3.27. The molecule has 0 spiro atoms. The van der Waals surface area contributed by atoms with Gasteiger partial charge in [-0.3, -0.25) is 9.59 Å². The van der Waals surface area contributed by atoms with Crippen molar-refractivity contribution in [1.82, 2.24) is 19.8 Å². The number of rotatable bonds is 11. The first-order valence-corrected chi connectivity index (χ1v) is 18.0. The molecule has 0 fully saturated rings. The first-order chi connectivity index (χ1) is 22.4. The Balaban J connectivity index is 1.40. The monoisotopic (exact) mass is 667 g/mol. The molecule has 2 N–H and O–H groups in total. The van der Waals surface area contributed by atoms with E-state index in [1.165, 1.54) is 6.26 Å². The number of nitrogens with one attached hydrogen (secondary N) is 1. The number of aromatic amines is 1. The van der Waals surface area contributed by atoms with Gasteiger partial charge in [-0.05, 0) is 42.5 Å². The lowest BCUT2D eigenvalue weighted by Gasteiger charge is -2.28. The number of anilines is 2. The lowest BCUT2D eigenvalue weighted by Crippen LogP contribution is -2.32. The van der Waals surface area contributed by atoms with Crippen molar-refractivity contribution in [2.24, 2.45) is 0 Å². The molecule has 0 aliphatic carbocycles. The number of carboxylic acid groups (broad SMARTS) is 1. The van der Waals surface area contributed by atoms with Crippen molar-refractivity contribution >= 4 is 38.8 Å². The number of aromatic nitrogens is 2. The molecule has 10 nitrogen and oxygen atoms in total. The highest BCUT2D eigenvalue weighted by molar-refractivity contribution is 7.90. The molecule has 6 rings (SSSR count). The van der Waals surface area contributed by atoms with Crippen LogP contribution in [0.25, 0.3) is 5.57 Å². The lowest BCUT2D eigenvalue weighted by atomic mass is 9.90. The van der Waals surface area contributed by atoms with E-state index in [9.17, 15) is 22.4 Å². The summed E-state index contributed by atoms with van der Waals surface area (Å²) in [7, 11) is -1.70. The van der Waals surface area contributed by atoms with E-state index >= 15 is 4.39 Å². The third kappa shape index (κ3) is 6.63. The normalized spacial score (nSPS) is 17.4. The minimum atomic E-state index is -3.63. The maximum atomic E-state index is 15.4. The topological polar surface area (TPSA) is 127 Å². The number of fused-ring (bicyclic) bond motifs is 3. The molecule has 47 heavy (non-hydrogen) atoms. The highest BCUT2D eigenvalue weighted by Gasteiger charge is 2.38. The number of aliphatic carboxylic acids is 1. The Bertz CT molecular complexity index is 1860. The number of amides is 1. The van der Waals surface area contributed by atoms with Crippen molar-refractivity contribution in [3.63, 3.8) is 0 Å². The van der Waals surface area contributed by atoms with Crippen molar-refractivity contribution < 1.29 is 31.9 Å². The number of carbonyl (C=O) groups excluding carboxylic acids is 1. The molecule has 250 valence electrons. The van der Waals surface area contributed by atoms with Gasteiger partial charge in [0, 0.05) is 79.2 Å². The fraction of sp³-hybridized carbons (Fsp3) is 0.441. The van der Waals surface area contributed by atoms with Crippen LogP contribution in [-0.2, 0) is 27.7 Å². The molecule has 3 aliphatic heterocycles. The second-order valence-corrected chi connectivity index (χ2v) is 15.0. The number of carbonyl (C=O) groups is 2. The molecule has 3 aliphatic rings. The number of hydrogen-bond acceptors (Lipinski definition) is 7. The van der Waals surface area contributed by atoms with Crippen LogP contribution in [0.1, 0.15) is 94.9 Å². The van der Waals surface area contributed by atoms with Crippen molar-refractivity contribution in [3.05, 3.63) is 81.9 Å². The molecule has 1 atom stereocenters. The predicted octanol–water partition coefficient (Wildman–Crippen LogP) is 5.92. The summed E-state index contributed by atoms with van der Waals surface area (Å²) in [6, 6.07) is 4.22. The van der Waals surface area contributed by atoms with Gasteiger partial charge in [0.2, 0.25) is 0 Å². The van der Waals surface area contributed by atoms with Gasteiger partial charge in [-0.25, -0.2) is 22.2 Å². The summed E-state index contributed by atoms with van der Waals surface area (Å²) in [5.41, 5.74) is 5.36. The number of halogens is 2. The van der Waals surface area contributed by atoms with Crippen LogP contribution < -0.4 is 4.90 Å². The summed E-state index contributed by atoms with van der Waals surface area (Å²) in [5, 5.41) is 7.90. The van der Waals surface area contributed by atoms with E-state index in [-0.39, 0.29) is 43.2 Å². The summed E-state index contributed by atoms with van der Waals surface area (Å²) >= 11 is 0. The number of unbranched alkanes of at least 4 members (excludes halogenated alkanes) is 5. The van der Waals surface area contributed by atoms with Crippen molar-refractivity contribution in [1.29, 1.82) is 0 Å². The zero-order valence-corrected chi connectivity index (χ0v) is 27.4. The lowest BCUT2D eigenvalue weighted by molar-refractivity contribution is -0.137. The van der Waals surface area contributed by atoms with Crippen LogP contribution in [0, 0.1) is 11.6 Å². The smallest absolute Gasteiger partial charge is 0.303 e. The third-order valence-corrected chi connectivity index (χ3v) is 10.8. The Kier molecular flexibility index (Phi) is 9.10. The fourth-order valence-electron chi connectivity index (χ4n) is 7.07. The zero-order valence-electron chi connectivity index (χ0n) is 26.6. The van der Waals surface area contributed by atoms with E-state index in [0.717, 1.165) is 66.8 Å². The molecule has 2 aromatic heterocycles. The summed E-state index contributed by atoms with van der Waals surface area (Å²) < 4.78 is 55.9. The molecule has 3 aromatic rings. The molecule has 0 bridgehead atoms. The number of nitrogens with zero attached hydrogens (tertiary/aromatic N) is 4. The van der Waals surface area contributed by atoms with Crippen molar-refractivity contribution in [2.45, 2.75) is 69.7 Å². The summed E-state index contributed by atoms with van der Waals surface area (Å²) in [6.07, 6.45) is 11.3. The van der Waals surface area contributed by atoms with Gasteiger partial charge in [-0.2, -0.15) is 0 Å². The Morgan fingerprint density at radius 2 is 1.81 bits per heavy atom. The van der Waals surface area contributed by atoms with Gasteiger partial charge >= 0.3 is 5.97 Å². The van der Waals surface area contributed by atoms with Crippen LogP contribution in [0.2, 0.25) is 0 Å². The Hall–Kier alpha value is -4.26. The maximum Gasteiger partial charge on any atom is 0.303 e. The quantitative estimate of drug-likeness (QED) is 0.242. The zero-order chi connectivity index (χ0) is 33.5. The van der Waals surface area contributed by atoms with Gasteiger partial charge in [0.15, 0.2) is 21.5 Å². The third-order valence-electron chi connectivity index (χ3n) is 9.30. The van der Waals surface area contributed by atoms with Crippen molar-refractivity contribution in [3.8, 4) is 0 Å². The summed E-state index contributed by atoms with van der Waals surface area (Å²) in [6.45, 7) is 1.52. The molecule has 1 aromatic carbocycles. The summed E-state index contributed by atoms with van der Waals surface area (Å²) in [5.74, 6) is -2.85. The Morgan fingerprint density at radius 1 is 1.06 bits per heavy atom. The van der Waals surface area contributed by atoms with E-state index in [2.05, 4.69) is 9.97 Å². The largest absolute Gasteiger partial charge is 0.481 e. The molecule has 1 amide bonds. The number of sulfone groups is 1. The fourth-order valence-corrected chi connectivity index (χ4v) is 8.26. The van der Waals surface area contributed by atoms with Gasteiger partial charge < -0.3 is 24.8 Å². The molecule has 0 unspecified atom stereocenters. The van der Waals surface area contributed by atoms with Crippen LogP contribution >= 0.6 is 0 Å². The number of hydrogen-bond donors (Lipinski definition) is 2. The summed E-state index contributed by atoms with van der Waals surface area (Å²) in [4.78, 5) is 37.8. The average molecular weight is 668 g/mol. The van der Waals surface area contributed by atoms with Crippen LogP contribution in [-0.4, -0.2) is 71.6 Å². The van der Waals surface area contributed by atoms with Gasteiger partial charge in [0.1, 0.15) is 5.82 Å². The standard InChI is InChI=1S/C34H39F2N5O5S/c1-39-19-26-23-14-24-25(34(44)40(12-10-30(24)47(2,45)46)11-8-6-4-3-5-7-9-31(42)43)15-29(23)41(33-27(36)13-22(35)17-38-33)18-21-16-37-28(20-39)32(21)26/h13-17,19,30,37H,3-12,18,20H2,1-2H3,(H,42,43)/t30-/m1/s1. The molecular formula is C34H39F2N5O5S. The van der Waals surface area contributed by atoms with Gasteiger partial charge in [-0.15, -0.1) is 0 Å². The Labute approximate surface area is 273 Å². The second-order valence-electron chi connectivity index (χ2n) is 12.8. The molecule has 0 saturated carbocycles. The van der Waals surface area contributed by atoms with Crippen LogP contribution in [0.5, 0.6) is 0 Å². The van der Waals surface area contributed by atoms with E-state index in [4.69, 9.17) is 5.11 Å². The number of H-pyrrole nitrogens is 1. The molecule has 5 heterocycles. The first-order valence-electron chi connectivity index (χ1n) is 16.0. The minimum absolute atomic E-state index is 0.101. The number of benzene rings is 1.